The number of aromatic nitrogens is 3. The van der Waals surface area contributed by atoms with Crippen LogP contribution in [0.3, 0.4) is 0 Å². The van der Waals surface area contributed by atoms with Crippen LogP contribution in [0.5, 0.6) is 0 Å². The van der Waals surface area contributed by atoms with Gasteiger partial charge in [-0.2, -0.15) is 0 Å². The third kappa shape index (κ3) is 5.84. The smallest absolute Gasteiger partial charge is 0.160 e. The van der Waals surface area contributed by atoms with E-state index in [2.05, 4.69) is 216 Å². The molecule has 4 heteroatoms. The lowest BCUT2D eigenvalue weighted by Crippen LogP contribution is -2.11. The number of benzene rings is 9. The van der Waals surface area contributed by atoms with Gasteiger partial charge in [0.2, 0.25) is 0 Å². The highest BCUT2D eigenvalue weighted by Crippen LogP contribution is 2.54. The number of para-hydroxylation sites is 4. The number of rotatable bonds is 6. The van der Waals surface area contributed by atoms with Crippen molar-refractivity contribution in [2.45, 2.75) is 0 Å². The predicted octanol–water partition coefficient (Wildman–Crippen LogP) is 15.4. The molecule has 1 aliphatic rings. The lowest BCUT2D eigenvalue weighted by Gasteiger charge is -2.27. The Hall–Kier alpha value is -8.34. The Kier molecular flexibility index (Phi) is 8.46. The fourth-order valence-electron chi connectivity index (χ4n) is 9.36. The molecule has 0 saturated carbocycles. The Balaban J connectivity index is 1.04. The highest BCUT2D eigenvalue weighted by molar-refractivity contribution is 6.13. The highest BCUT2D eigenvalue weighted by Gasteiger charge is 2.31. The fraction of sp³-hybridized carbons (Fsp3) is 0. The molecule has 9 aromatic carbocycles. The monoisotopic (exact) mass is 790 g/mol. The quantitative estimate of drug-likeness (QED) is 0.168. The van der Waals surface area contributed by atoms with Gasteiger partial charge in [-0.3, -0.25) is 0 Å². The summed E-state index contributed by atoms with van der Waals surface area (Å²) in [5, 5.41) is 2.24. The second kappa shape index (κ2) is 14.7. The third-order valence-electron chi connectivity index (χ3n) is 12.1. The van der Waals surface area contributed by atoms with E-state index in [1.54, 1.807) is 0 Å². The Bertz CT molecular complexity index is 3450. The lowest BCUT2D eigenvalue weighted by atomic mass is 9.98. The van der Waals surface area contributed by atoms with Gasteiger partial charge in [-0.05, 0) is 59.2 Å². The van der Waals surface area contributed by atoms with Gasteiger partial charge in [0.15, 0.2) is 5.82 Å². The molecule has 0 N–H and O–H groups in total. The molecule has 290 valence electrons. The summed E-state index contributed by atoms with van der Waals surface area (Å²) in [5.41, 5.74) is 18.8. The van der Waals surface area contributed by atoms with E-state index in [-0.39, 0.29) is 0 Å². The van der Waals surface area contributed by atoms with Crippen LogP contribution in [0.15, 0.2) is 231 Å². The number of fused-ring (bicyclic) bond motifs is 8. The second-order valence-electron chi connectivity index (χ2n) is 15.7. The van der Waals surface area contributed by atoms with Gasteiger partial charge in [0.1, 0.15) is 0 Å². The molecule has 0 spiro atoms. The zero-order valence-electron chi connectivity index (χ0n) is 33.7. The zero-order chi connectivity index (χ0) is 41.0. The largest absolute Gasteiger partial charge is 0.309 e. The zero-order valence-corrected chi connectivity index (χ0v) is 33.7. The van der Waals surface area contributed by atoms with Crippen molar-refractivity contribution >= 4 is 38.9 Å². The van der Waals surface area contributed by atoms with E-state index in [1.165, 1.54) is 38.9 Å². The first-order valence-electron chi connectivity index (χ1n) is 21.1. The van der Waals surface area contributed by atoms with Gasteiger partial charge < -0.3 is 9.47 Å². The molecule has 12 rings (SSSR count). The number of nitrogens with zero attached hydrogens (tertiary/aromatic N) is 4. The van der Waals surface area contributed by atoms with Gasteiger partial charge in [-0.1, -0.05) is 188 Å². The summed E-state index contributed by atoms with van der Waals surface area (Å²) >= 11 is 0. The van der Waals surface area contributed by atoms with Gasteiger partial charge in [0, 0.05) is 55.5 Å². The first-order valence-corrected chi connectivity index (χ1v) is 21.1. The van der Waals surface area contributed by atoms with Crippen molar-refractivity contribution in [2.24, 2.45) is 0 Å². The molecule has 4 nitrogen and oxygen atoms in total. The maximum atomic E-state index is 5.27. The number of anilines is 3. The average Bonchev–Trinajstić information content (AvgIpc) is 3.64. The summed E-state index contributed by atoms with van der Waals surface area (Å²) in [6.45, 7) is 0. The van der Waals surface area contributed by atoms with E-state index in [9.17, 15) is 0 Å². The summed E-state index contributed by atoms with van der Waals surface area (Å²) in [6.07, 6.45) is 0. The van der Waals surface area contributed by atoms with E-state index in [0.717, 1.165) is 67.2 Å². The van der Waals surface area contributed by atoms with Crippen molar-refractivity contribution in [3.63, 3.8) is 0 Å². The summed E-state index contributed by atoms with van der Waals surface area (Å²) < 4.78 is 2.47. The summed E-state index contributed by atoms with van der Waals surface area (Å²) in [4.78, 5) is 12.9. The molecule has 2 aromatic heterocycles. The summed E-state index contributed by atoms with van der Waals surface area (Å²) in [6, 6.07) is 82.3. The minimum absolute atomic E-state index is 0.710. The van der Waals surface area contributed by atoms with Crippen LogP contribution in [0.2, 0.25) is 0 Å². The van der Waals surface area contributed by atoms with Crippen molar-refractivity contribution in [1.82, 2.24) is 14.5 Å². The lowest BCUT2D eigenvalue weighted by molar-refractivity contribution is 1.13. The van der Waals surface area contributed by atoms with Gasteiger partial charge in [0.25, 0.3) is 0 Å². The second-order valence-corrected chi connectivity index (χ2v) is 15.7. The van der Waals surface area contributed by atoms with Crippen LogP contribution in [-0.2, 0) is 0 Å². The molecule has 0 amide bonds. The number of hydrogen-bond acceptors (Lipinski definition) is 3. The molecule has 3 heterocycles. The number of hydrogen-bond donors (Lipinski definition) is 0. The molecule has 0 fully saturated rings. The van der Waals surface area contributed by atoms with Crippen LogP contribution in [0, 0.1) is 0 Å². The fourth-order valence-corrected chi connectivity index (χ4v) is 9.36. The van der Waals surface area contributed by atoms with Gasteiger partial charge in [-0.25, -0.2) is 9.97 Å². The van der Waals surface area contributed by atoms with E-state index in [0.29, 0.717) is 5.82 Å². The van der Waals surface area contributed by atoms with Crippen LogP contribution >= 0.6 is 0 Å². The van der Waals surface area contributed by atoms with E-state index < -0.39 is 0 Å². The van der Waals surface area contributed by atoms with Crippen LogP contribution in [0.1, 0.15) is 0 Å². The Morgan fingerprint density at radius 3 is 1.66 bits per heavy atom. The third-order valence-corrected chi connectivity index (χ3v) is 12.1. The van der Waals surface area contributed by atoms with E-state index >= 15 is 0 Å². The van der Waals surface area contributed by atoms with Crippen molar-refractivity contribution in [3.8, 4) is 73.0 Å². The first-order chi connectivity index (χ1) is 30.8. The summed E-state index contributed by atoms with van der Waals surface area (Å²) in [5.74, 6) is 0.710. The Morgan fingerprint density at radius 1 is 0.339 bits per heavy atom. The molecule has 11 aromatic rings. The normalized spacial score (nSPS) is 11.8. The maximum Gasteiger partial charge on any atom is 0.160 e. The Morgan fingerprint density at radius 2 is 0.903 bits per heavy atom. The molecule has 62 heavy (non-hydrogen) atoms. The minimum atomic E-state index is 0.710. The average molecular weight is 791 g/mol. The van der Waals surface area contributed by atoms with E-state index in [1.807, 2.05) is 24.3 Å². The maximum absolute atomic E-state index is 5.27. The Labute approximate surface area is 360 Å². The molecule has 0 atom stereocenters. The molecule has 0 bridgehead atoms. The van der Waals surface area contributed by atoms with Gasteiger partial charge in [0.05, 0.1) is 33.8 Å². The topological polar surface area (TPSA) is 34.0 Å². The van der Waals surface area contributed by atoms with Crippen molar-refractivity contribution in [1.29, 1.82) is 0 Å². The van der Waals surface area contributed by atoms with Crippen molar-refractivity contribution < 1.29 is 0 Å². The SMILES string of the molecule is c1ccc(-c2cccc(-n3c4c(c5ccccc53)-c3ccccc3N(c3ccc(-c5cccc6c(-c7ccccc7)nc(-c7ccccc7)nc56)cc3)c3ccccc3-4)c2)cc1. The molecular formula is C58H38N4. The highest BCUT2D eigenvalue weighted by atomic mass is 15.2. The summed E-state index contributed by atoms with van der Waals surface area (Å²) in [7, 11) is 0. The molecule has 0 unspecified atom stereocenters. The van der Waals surface area contributed by atoms with Crippen LogP contribution in [-0.4, -0.2) is 14.5 Å². The molecule has 1 aliphatic heterocycles. The minimum Gasteiger partial charge on any atom is -0.309 e. The van der Waals surface area contributed by atoms with E-state index in [4.69, 9.17) is 9.97 Å². The van der Waals surface area contributed by atoms with Gasteiger partial charge in [-0.15, -0.1) is 0 Å². The van der Waals surface area contributed by atoms with Crippen LogP contribution < -0.4 is 4.90 Å². The van der Waals surface area contributed by atoms with Crippen LogP contribution in [0.4, 0.5) is 17.1 Å². The predicted molar refractivity (Wildman–Crippen MR) is 257 cm³/mol. The van der Waals surface area contributed by atoms with Crippen molar-refractivity contribution in [2.75, 3.05) is 4.90 Å². The van der Waals surface area contributed by atoms with Gasteiger partial charge >= 0.3 is 0 Å². The first kappa shape index (κ1) is 35.6. The van der Waals surface area contributed by atoms with Crippen LogP contribution in [0.25, 0.3) is 94.8 Å². The molecule has 0 aliphatic carbocycles. The molecular weight excluding hydrogens is 753 g/mol. The molecule has 0 saturated heterocycles. The molecule has 0 radical (unpaired) electrons. The standard InChI is InChI=1S/C58H38N4/c1-4-18-39(19-5-1)43-24-16-25-45(38-43)62-52-32-14-11-27-48(52)54-47-26-10-13-31-51(47)61(53-33-15-12-28-49(53)57(54)62)44-36-34-40(35-37-44)46-29-17-30-50-55(41-20-6-2-7-21-41)59-58(60-56(46)50)42-22-8-3-9-23-42/h1-38H. The van der Waals surface area contributed by atoms with Crippen molar-refractivity contribution in [3.05, 3.63) is 231 Å².